The average molecular weight is 583 g/mol. The van der Waals surface area contributed by atoms with Crippen molar-refractivity contribution in [3.8, 4) is 5.75 Å². The van der Waals surface area contributed by atoms with Gasteiger partial charge in [0, 0.05) is 25.2 Å². The van der Waals surface area contributed by atoms with Gasteiger partial charge in [-0.05, 0) is 57.2 Å². The first-order chi connectivity index (χ1) is 20.0. The van der Waals surface area contributed by atoms with E-state index < -0.39 is 30.0 Å². The van der Waals surface area contributed by atoms with E-state index in [0.29, 0.717) is 22.8 Å². The van der Waals surface area contributed by atoms with Crippen LogP contribution in [0, 0.1) is 25.6 Å². The SMILES string of the molecule is Cc1noc(C)c1NC(=O)Nc1cccc2c1O[C@H](CN(C)C(=O)Nc1ccc(F)cc1)[C@@H](C)CN([C@@H](C)CO)C2=O. The third-order valence-corrected chi connectivity index (χ3v) is 7.11. The predicted molar refractivity (Wildman–Crippen MR) is 154 cm³/mol. The molecule has 3 aromatic rings. The number of aliphatic hydroxyl groups excluding tert-OH is 1. The molecule has 4 rings (SSSR count). The van der Waals surface area contributed by atoms with Gasteiger partial charge in [0.2, 0.25) is 0 Å². The lowest BCUT2D eigenvalue weighted by Crippen LogP contribution is -2.50. The Balaban J connectivity index is 1.62. The molecule has 0 fully saturated rings. The highest BCUT2D eigenvalue weighted by atomic mass is 19.1. The molecule has 42 heavy (non-hydrogen) atoms. The summed E-state index contributed by atoms with van der Waals surface area (Å²) in [5, 5.41) is 21.9. The monoisotopic (exact) mass is 582 g/mol. The molecule has 0 saturated heterocycles. The molecule has 4 N–H and O–H groups in total. The normalized spacial score (nSPS) is 17.3. The number of likely N-dealkylation sites (N-methyl/N-ethyl adjacent to an activating group) is 1. The first-order valence-electron chi connectivity index (χ1n) is 13.5. The van der Waals surface area contributed by atoms with Gasteiger partial charge in [-0.25, -0.2) is 14.0 Å². The van der Waals surface area contributed by atoms with E-state index >= 15 is 0 Å². The number of anilines is 3. The molecule has 0 spiro atoms. The van der Waals surface area contributed by atoms with Crippen molar-refractivity contribution in [2.24, 2.45) is 5.92 Å². The van der Waals surface area contributed by atoms with Crippen molar-refractivity contribution < 1.29 is 33.1 Å². The zero-order valence-electron chi connectivity index (χ0n) is 24.1. The molecule has 1 aliphatic heterocycles. The van der Waals surface area contributed by atoms with Crippen LogP contribution in [0.5, 0.6) is 5.75 Å². The molecule has 0 unspecified atom stereocenters. The molecule has 0 radical (unpaired) electrons. The Kier molecular flexibility index (Phi) is 9.31. The molecule has 1 aliphatic rings. The topological polar surface area (TPSA) is 149 Å². The van der Waals surface area contributed by atoms with E-state index in [-0.39, 0.29) is 48.5 Å². The highest BCUT2D eigenvalue weighted by Crippen LogP contribution is 2.35. The molecule has 224 valence electrons. The molecule has 3 atom stereocenters. The van der Waals surface area contributed by atoms with Gasteiger partial charge in [-0.1, -0.05) is 18.1 Å². The molecule has 0 saturated carbocycles. The number of rotatable bonds is 7. The zero-order valence-corrected chi connectivity index (χ0v) is 24.1. The maximum absolute atomic E-state index is 13.7. The maximum atomic E-state index is 13.7. The second-order valence-corrected chi connectivity index (χ2v) is 10.4. The van der Waals surface area contributed by atoms with Crippen molar-refractivity contribution in [2.45, 2.75) is 39.8 Å². The molecule has 0 aliphatic carbocycles. The minimum Gasteiger partial charge on any atom is -0.485 e. The Morgan fingerprint density at radius 1 is 1.17 bits per heavy atom. The number of hydrogen-bond acceptors (Lipinski definition) is 7. The number of aliphatic hydroxyl groups is 1. The second kappa shape index (κ2) is 12.9. The number of nitrogens with zero attached hydrogens (tertiary/aromatic N) is 3. The quantitative estimate of drug-likeness (QED) is 0.321. The highest BCUT2D eigenvalue weighted by Gasteiger charge is 2.35. The van der Waals surface area contributed by atoms with Gasteiger partial charge in [-0.3, -0.25) is 4.79 Å². The molecular formula is C29H35FN6O6. The Bertz CT molecular complexity index is 1430. The summed E-state index contributed by atoms with van der Waals surface area (Å²) in [4.78, 5) is 42.6. The number of aryl methyl sites for hydroxylation is 2. The molecule has 2 aromatic carbocycles. The standard InChI is InChI=1S/C29H35FN6O6/c1-16-13-36(17(2)15-37)27(38)22-7-6-8-23(32-28(39)33-25-18(3)34-42-19(25)4)26(22)41-24(16)14-35(5)29(40)31-21-11-9-20(30)10-12-21/h6-12,16-17,24,37H,13-15H2,1-5H3,(H,31,40)(H2,32,33,39)/t16-,17-,24+/m0/s1. The molecule has 1 aromatic heterocycles. The van der Waals surface area contributed by atoms with Crippen LogP contribution < -0.4 is 20.7 Å². The number of ether oxygens (including phenoxy) is 1. The first kappa shape index (κ1) is 30.3. The summed E-state index contributed by atoms with van der Waals surface area (Å²) in [6, 6.07) is 8.68. The number of hydrogen-bond donors (Lipinski definition) is 4. The minimum atomic E-state index is -0.622. The zero-order chi connectivity index (χ0) is 30.6. The van der Waals surface area contributed by atoms with Crippen LogP contribution in [0.15, 0.2) is 47.0 Å². The molecule has 5 amide bonds. The number of urea groups is 2. The van der Waals surface area contributed by atoms with Gasteiger partial charge >= 0.3 is 12.1 Å². The van der Waals surface area contributed by atoms with E-state index in [9.17, 15) is 23.9 Å². The summed E-state index contributed by atoms with van der Waals surface area (Å²) in [5.41, 5.74) is 1.78. The smallest absolute Gasteiger partial charge is 0.323 e. The van der Waals surface area contributed by atoms with Crippen molar-refractivity contribution in [1.29, 1.82) is 0 Å². The number of para-hydroxylation sites is 1. The van der Waals surface area contributed by atoms with Crippen LogP contribution in [0.4, 0.5) is 31.0 Å². The third kappa shape index (κ3) is 6.79. The Labute approximate surface area is 242 Å². The van der Waals surface area contributed by atoms with Crippen LogP contribution in [-0.4, -0.2) is 76.9 Å². The second-order valence-electron chi connectivity index (χ2n) is 10.4. The number of amides is 5. The fourth-order valence-electron chi connectivity index (χ4n) is 4.59. The lowest BCUT2D eigenvalue weighted by atomic mass is 9.99. The van der Waals surface area contributed by atoms with Crippen molar-refractivity contribution in [3.05, 3.63) is 65.3 Å². The van der Waals surface area contributed by atoms with Crippen molar-refractivity contribution in [1.82, 2.24) is 15.0 Å². The van der Waals surface area contributed by atoms with Gasteiger partial charge in [0.05, 0.1) is 30.4 Å². The van der Waals surface area contributed by atoms with Crippen LogP contribution >= 0.6 is 0 Å². The summed E-state index contributed by atoms with van der Waals surface area (Å²) in [7, 11) is 1.59. The summed E-state index contributed by atoms with van der Waals surface area (Å²) in [5.74, 6) is -0.509. The van der Waals surface area contributed by atoms with E-state index in [1.54, 1.807) is 50.9 Å². The van der Waals surface area contributed by atoms with E-state index in [4.69, 9.17) is 9.26 Å². The number of aromatic nitrogens is 1. The number of nitrogens with one attached hydrogen (secondary N) is 3. The number of carbonyl (C=O) groups is 3. The molecule has 2 heterocycles. The number of halogens is 1. The lowest BCUT2D eigenvalue weighted by molar-refractivity contribution is 0.0373. The summed E-state index contributed by atoms with van der Waals surface area (Å²) in [6.45, 7) is 7.09. The molecular weight excluding hydrogens is 547 g/mol. The Morgan fingerprint density at radius 2 is 1.88 bits per heavy atom. The van der Waals surface area contributed by atoms with Gasteiger partial charge in [0.1, 0.15) is 23.3 Å². The van der Waals surface area contributed by atoms with Gasteiger partial charge in [0.25, 0.3) is 5.91 Å². The van der Waals surface area contributed by atoms with Gasteiger partial charge < -0.3 is 40.1 Å². The summed E-state index contributed by atoms with van der Waals surface area (Å²) in [6.07, 6.45) is -0.622. The van der Waals surface area contributed by atoms with Gasteiger partial charge in [-0.15, -0.1) is 0 Å². The summed E-state index contributed by atoms with van der Waals surface area (Å²) < 4.78 is 24.8. The van der Waals surface area contributed by atoms with Crippen LogP contribution in [-0.2, 0) is 0 Å². The van der Waals surface area contributed by atoms with E-state index in [1.807, 2.05) is 6.92 Å². The highest BCUT2D eigenvalue weighted by molar-refractivity contribution is 6.04. The molecule has 0 bridgehead atoms. The van der Waals surface area contributed by atoms with E-state index in [1.165, 1.54) is 29.2 Å². The lowest BCUT2D eigenvalue weighted by Gasteiger charge is -2.38. The van der Waals surface area contributed by atoms with Crippen molar-refractivity contribution in [2.75, 3.05) is 42.7 Å². The largest absolute Gasteiger partial charge is 0.485 e. The van der Waals surface area contributed by atoms with Crippen LogP contribution in [0.1, 0.15) is 35.7 Å². The van der Waals surface area contributed by atoms with E-state index in [2.05, 4.69) is 21.1 Å². The van der Waals surface area contributed by atoms with E-state index in [0.717, 1.165) is 0 Å². The third-order valence-electron chi connectivity index (χ3n) is 7.11. The summed E-state index contributed by atoms with van der Waals surface area (Å²) >= 11 is 0. The minimum absolute atomic E-state index is 0.114. The average Bonchev–Trinajstić information content (AvgIpc) is 3.27. The number of benzene rings is 2. The Hall–Kier alpha value is -4.65. The fourth-order valence-corrected chi connectivity index (χ4v) is 4.59. The fraction of sp³-hybridized carbons (Fsp3) is 0.379. The number of carbonyl (C=O) groups excluding carboxylic acids is 3. The first-order valence-corrected chi connectivity index (χ1v) is 13.5. The van der Waals surface area contributed by atoms with Crippen LogP contribution in [0.2, 0.25) is 0 Å². The van der Waals surface area contributed by atoms with Crippen molar-refractivity contribution in [3.63, 3.8) is 0 Å². The molecule has 12 nitrogen and oxygen atoms in total. The molecule has 13 heteroatoms. The van der Waals surface area contributed by atoms with Gasteiger partial charge in [-0.2, -0.15) is 0 Å². The van der Waals surface area contributed by atoms with Gasteiger partial charge in [0.15, 0.2) is 11.5 Å². The van der Waals surface area contributed by atoms with Crippen molar-refractivity contribution >= 4 is 35.0 Å². The maximum Gasteiger partial charge on any atom is 0.323 e. The van der Waals surface area contributed by atoms with Crippen LogP contribution in [0.3, 0.4) is 0 Å². The predicted octanol–water partition coefficient (Wildman–Crippen LogP) is 4.46. The Morgan fingerprint density at radius 3 is 2.52 bits per heavy atom. The van der Waals surface area contributed by atoms with Crippen LogP contribution in [0.25, 0.3) is 0 Å². The number of fused-ring (bicyclic) bond motifs is 1.